The number of amides is 1. The first kappa shape index (κ1) is 11.1. The van der Waals surface area contributed by atoms with E-state index in [2.05, 4.69) is 17.4 Å². The molecule has 0 aromatic heterocycles. The van der Waals surface area contributed by atoms with Crippen molar-refractivity contribution >= 4 is 5.91 Å². The Morgan fingerprint density at radius 1 is 1.44 bits per heavy atom. The highest BCUT2D eigenvalue weighted by Gasteiger charge is 2.28. The summed E-state index contributed by atoms with van der Waals surface area (Å²) in [6, 6.07) is 10.6. The molecule has 1 aliphatic rings. The molecule has 1 fully saturated rings. The Morgan fingerprint density at radius 2 is 2.19 bits per heavy atom. The monoisotopic (exact) mass is 218 g/mol. The minimum absolute atomic E-state index is 0.203. The van der Waals surface area contributed by atoms with Crippen molar-refractivity contribution in [1.82, 2.24) is 10.2 Å². The van der Waals surface area contributed by atoms with Crippen LogP contribution in [0, 0.1) is 0 Å². The number of rotatable bonds is 3. The Labute approximate surface area is 96.5 Å². The minimum atomic E-state index is 0.203. The third kappa shape index (κ3) is 2.25. The van der Waals surface area contributed by atoms with Crippen LogP contribution in [0.2, 0.25) is 0 Å². The maximum Gasteiger partial charge on any atom is 0.237 e. The summed E-state index contributed by atoms with van der Waals surface area (Å²) in [5.41, 5.74) is 1.25. The number of benzene rings is 1. The molecular weight excluding hydrogens is 200 g/mol. The van der Waals surface area contributed by atoms with Crippen LogP contribution in [0.1, 0.15) is 24.4 Å². The predicted molar refractivity (Wildman–Crippen MR) is 64.1 cm³/mol. The van der Waals surface area contributed by atoms with Crippen molar-refractivity contribution in [1.29, 1.82) is 0 Å². The van der Waals surface area contributed by atoms with E-state index in [1.54, 1.807) is 0 Å². The molecule has 1 aliphatic heterocycles. The van der Waals surface area contributed by atoms with E-state index < -0.39 is 0 Å². The molecule has 1 saturated heterocycles. The molecule has 1 heterocycles. The third-order valence-corrected chi connectivity index (χ3v) is 3.09. The van der Waals surface area contributed by atoms with Gasteiger partial charge in [-0.2, -0.15) is 0 Å². The van der Waals surface area contributed by atoms with Crippen LogP contribution in [0.3, 0.4) is 0 Å². The maximum atomic E-state index is 11.9. The molecule has 1 aromatic rings. The number of carbonyl (C=O) groups is 1. The standard InChI is InChI=1S/C13H18N2O/c1-14-10-13(16)15-9-5-8-12(15)11-6-3-2-4-7-11/h2-4,6-7,12,14H,5,8-10H2,1H3. The second-order valence-electron chi connectivity index (χ2n) is 4.19. The molecule has 1 aromatic carbocycles. The fourth-order valence-electron chi connectivity index (χ4n) is 2.34. The highest BCUT2D eigenvalue weighted by molar-refractivity contribution is 5.79. The quantitative estimate of drug-likeness (QED) is 0.835. The molecule has 0 saturated carbocycles. The molecule has 16 heavy (non-hydrogen) atoms. The van der Waals surface area contributed by atoms with Crippen molar-refractivity contribution in [2.45, 2.75) is 18.9 Å². The average molecular weight is 218 g/mol. The topological polar surface area (TPSA) is 32.3 Å². The number of nitrogens with zero attached hydrogens (tertiary/aromatic N) is 1. The largest absolute Gasteiger partial charge is 0.335 e. The second-order valence-corrected chi connectivity index (χ2v) is 4.19. The summed E-state index contributed by atoms with van der Waals surface area (Å²) in [6.07, 6.45) is 2.19. The molecule has 1 unspecified atom stereocenters. The first-order chi connectivity index (χ1) is 7.83. The Bertz CT molecular complexity index is 350. The van der Waals surface area contributed by atoms with Crippen molar-refractivity contribution in [2.75, 3.05) is 20.1 Å². The molecular formula is C13H18N2O. The lowest BCUT2D eigenvalue weighted by atomic mass is 10.0. The number of hydrogen-bond acceptors (Lipinski definition) is 2. The summed E-state index contributed by atoms with van der Waals surface area (Å²) in [7, 11) is 1.81. The van der Waals surface area contributed by atoms with E-state index in [9.17, 15) is 4.79 Å². The lowest BCUT2D eigenvalue weighted by Crippen LogP contribution is -2.36. The van der Waals surface area contributed by atoms with Crippen molar-refractivity contribution in [3.8, 4) is 0 Å². The maximum absolute atomic E-state index is 11.9. The van der Waals surface area contributed by atoms with Gasteiger partial charge in [-0.05, 0) is 25.5 Å². The Hall–Kier alpha value is -1.35. The summed E-state index contributed by atoms with van der Waals surface area (Å²) < 4.78 is 0. The van der Waals surface area contributed by atoms with E-state index >= 15 is 0 Å². The van der Waals surface area contributed by atoms with Crippen LogP contribution in [0.25, 0.3) is 0 Å². The summed E-state index contributed by atoms with van der Waals surface area (Å²) >= 11 is 0. The second kappa shape index (κ2) is 5.12. The fourth-order valence-corrected chi connectivity index (χ4v) is 2.34. The van der Waals surface area contributed by atoms with Crippen LogP contribution in [0.5, 0.6) is 0 Å². The molecule has 86 valence electrons. The molecule has 1 atom stereocenters. The molecule has 3 heteroatoms. The highest BCUT2D eigenvalue weighted by Crippen LogP contribution is 2.31. The summed E-state index contributed by atoms with van der Waals surface area (Å²) in [4.78, 5) is 13.9. The zero-order valence-corrected chi connectivity index (χ0v) is 9.65. The van der Waals surface area contributed by atoms with Gasteiger partial charge in [-0.1, -0.05) is 30.3 Å². The van der Waals surface area contributed by atoms with E-state index in [0.717, 1.165) is 19.4 Å². The number of hydrogen-bond donors (Lipinski definition) is 1. The molecule has 0 bridgehead atoms. The van der Waals surface area contributed by atoms with Gasteiger partial charge in [0.15, 0.2) is 0 Å². The van der Waals surface area contributed by atoms with Gasteiger partial charge in [0.2, 0.25) is 5.91 Å². The van der Waals surface area contributed by atoms with Crippen molar-refractivity contribution in [3.05, 3.63) is 35.9 Å². The van der Waals surface area contributed by atoms with Gasteiger partial charge in [0.25, 0.3) is 0 Å². The van der Waals surface area contributed by atoms with Crippen molar-refractivity contribution < 1.29 is 4.79 Å². The number of likely N-dealkylation sites (N-methyl/N-ethyl adjacent to an activating group) is 1. The van der Waals surface area contributed by atoms with Crippen LogP contribution in [-0.2, 0) is 4.79 Å². The SMILES string of the molecule is CNCC(=O)N1CCCC1c1ccccc1. The highest BCUT2D eigenvalue weighted by atomic mass is 16.2. The lowest BCUT2D eigenvalue weighted by molar-refractivity contribution is -0.131. The van der Waals surface area contributed by atoms with E-state index in [4.69, 9.17) is 0 Å². The van der Waals surface area contributed by atoms with Crippen LogP contribution in [-0.4, -0.2) is 30.9 Å². The van der Waals surface area contributed by atoms with Crippen LogP contribution in [0.4, 0.5) is 0 Å². The predicted octanol–water partition coefficient (Wildman–Crippen LogP) is 1.57. The number of nitrogens with one attached hydrogen (secondary N) is 1. The molecule has 1 amide bonds. The zero-order valence-electron chi connectivity index (χ0n) is 9.65. The first-order valence-electron chi connectivity index (χ1n) is 5.82. The minimum Gasteiger partial charge on any atom is -0.335 e. The van der Waals surface area contributed by atoms with Gasteiger partial charge in [0.05, 0.1) is 12.6 Å². The molecule has 0 radical (unpaired) electrons. The van der Waals surface area contributed by atoms with Gasteiger partial charge in [-0.15, -0.1) is 0 Å². The van der Waals surface area contributed by atoms with Gasteiger partial charge in [0.1, 0.15) is 0 Å². The molecule has 1 N–H and O–H groups in total. The van der Waals surface area contributed by atoms with E-state index in [-0.39, 0.29) is 11.9 Å². The third-order valence-electron chi connectivity index (χ3n) is 3.09. The zero-order chi connectivity index (χ0) is 11.4. The van der Waals surface area contributed by atoms with Crippen LogP contribution in [0.15, 0.2) is 30.3 Å². The van der Waals surface area contributed by atoms with Crippen LogP contribution < -0.4 is 5.32 Å². The summed E-state index contributed by atoms with van der Waals surface area (Å²) in [5.74, 6) is 0.203. The van der Waals surface area contributed by atoms with Gasteiger partial charge < -0.3 is 10.2 Å². The Morgan fingerprint density at radius 3 is 2.88 bits per heavy atom. The van der Waals surface area contributed by atoms with Gasteiger partial charge in [-0.25, -0.2) is 0 Å². The van der Waals surface area contributed by atoms with Gasteiger partial charge >= 0.3 is 0 Å². The summed E-state index contributed by atoms with van der Waals surface area (Å²) in [6.45, 7) is 1.32. The molecule has 2 rings (SSSR count). The van der Waals surface area contributed by atoms with E-state index in [0.29, 0.717) is 6.54 Å². The lowest BCUT2D eigenvalue weighted by Gasteiger charge is -2.25. The Kier molecular flexibility index (Phi) is 3.57. The van der Waals surface area contributed by atoms with E-state index in [1.807, 2.05) is 30.1 Å². The average Bonchev–Trinajstić information content (AvgIpc) is 2.79. The van der Waals surface area contributed by atoms with Gasteiger partial charge in [0, 0.05) is 6.54 Å². The van der Waals surface area contributed by atoms with E-state index in [1.165, 1.54) is 5.56 Å². The number of likely N-dealkylation sites (tertiary alicyclic amines) is 1. The fraction of sp³-hybridized carbons (Fsp3) is 0.462. The molecule has 0 aliphatic carbocycles. The Balaban J connectivity index is 2.12. The van der Waals surface area contributed by atoms with Crippen LogP contribution >= 0.6 is 0 Å². The van der Waals surface area contributed by atoms with Gasteiger partial charge in [-0.3, -0.25) is 4.79 Å². The smallest absolute Gasteiger partial charge is 0.237 e. The molecule has 3 nitrogen and oxygen atoms in total. The van der Waals surface area contributed by atoms with Crippen molar-refractivity contribution in [2.24, 2.45) is 0 Å². The molecule has 0 spiro atoms. The van der Waals surface area contributed by atoms with Crippen molar-refractivity contribution in [3.63, 3.8) is 0 Å². The number of carbonyl (C=O) groups excluding carboxylic acids is 1. The summed E-state index contributed by atoms with van der Waals surface area (Å²) in [5, 5.41) is 2.93. The normalized spacial score (nSPS) is 20.1. The first-order valence-corrected chi connectivity index (χ1v) is 5.82.